The molecule has 1 radical (unpaired) electrons. The molecule has 4 heterocycles. The second-order valence-electron chi connectivity index (χ2n) is 12.8. The summed E-state index contributed by atoms with van der Waals surface area (Å²) in [6.45, 7) is 9.08. The first-order valence-corrected chi connectivity index (χ1v) is 18.6. The van der Waals surface area contributed by atoms with Crippen LogP contribution in [0.1, 0.15) is 34.8 Å². The van der Waals surface area contributed by atoms with Gasteiger partial charge in [0.1, 0.15) is 11.4 Å². The number of aromatic nitrogens is 3. The Morgan fingerprint density at radius 1 is 0.787 bits per heavy atom. The molecule has 0 atom stereocenters. The first-order valence-electron chi connectivity index (χ1n) is 16.6. The third-order valence-electron chi connectivity index (χ3n) is 8.12. The zero-order valence-corrected chi connectivity index (χ0v) is 30.2. The molecule has 0 unspecified atom stereocenters. The average molecular weight is 817 g/mol. The Balaban J connectivity index is 0.000000204. The van der Waals surface area contributed by atoms with Crippen LogP contribution in [0.4, 0.5) is 4.39 Å². The summed E-state index contributed by atoms with van der Waals surface area (Å²) in [7, 11) is -1.34. The molecule has 0 saturated carbocycles. The van der Waals surface area contributed by atoms with Crippen LogP contribution in [0.25, 0.3) is 44.5 Å². The minimum absolute atomic E-state index is 0. The molecule has 7 rings (SSSR count). The van der Waals surface area contributed by atoms with Gasteiger partial charge in [-0.1, -0.05) is 88.2 Å². The van der Waals surface area contributed by atoms with Crippen molar-refractivity contribution in [3.8, 4) is 22.5 Å². The Hall–Kier alpha value is -4.29. The molecule has 0 saturated heterocycles. The number of rotatable bonds is 5. The number of pyridine rings is 3. The summed E-state index contributed by atoms with van der Waals surface area (Å²) >= 11 is 0. The van der Waals surface area contributed by atoms with E-state index in [2.05, 4.69) is 73.8 Å². The smallest absolute Gasteiger partial charge is 0.124 e. The second kappa shape index (κ2) is 13.8. The van der Waals surface area contributed by atoms with Crippen LogP contribution in [-0.2, 0) is 25.5 Å². The molecule has 7 aromatic rings. The third-order valence-corrected chi connectivity index (χ3v) is 10.1. The van der Waals surface area contributed by atoms with Gasteiger partial charge in [0.05, 0.1) is 19.4 Å². The van der Waals surface area contributed by atoms with Crippen molar-refractivity contribution in [3.05, 3.63) is 144 Å². The van der Waals surface area contributed by atoms with Gasteiger partial charge in [-0.3, -0.25) is 4.98 Å². The zero-order valence-electron chi connectivity index (χ0n) is 29.9. The Morgan fingerprint density at radius 2 is 1.55 bits per heavy atom. The minimum atomic E-state index is -2.08. The third kappa shape index (κ3) is 7.33. The Labute approximate surface area is 294 Å². The maximum absolute atomic E-state index is 13.7. The quantitative estimate of drug-likeness (QED) is 0.128. The largest absolute Gasteiger partial charge is 0.500 e. The molecule has 4 nitrogen and oxygen atoms in total. The molecule has 0 N–H and O–H groups in total. The second-order valence-corrected chi connectivity index (χ2v) is 17.9. The minimum Gasteiger partial charge on any atom is -0.500 e. The summed E-state index contributed by atoms with van der Waals surface area (Å²) in [6.07, 6.45) is 5.16. The normalized spacial score (nSPS) is 12.8. The summed E-state index contributed by atoms with van der Waals surface area (Å²) < 4.78 is 41.8. The summed E-state index contributed by atoms with van der Waals surface area (Å²) in [4.78, 5) is 13.5. The predicted octanol–water partition coefficient (Wildman–Crippen LogP) is 9.71. The van der Waals surface area contributed by atoms with E-state index in [-0.39, 0.29) is 31.3 Å². The topological polar surface area (TPSA) is 51.8 Å². The van der Waals surface area contributed by atoms with E-state index in [1.807, 2.05) is 42.6 Å². The number of hydrogen-bond donors (Lipinski definition) is 0. The van der Waals surface area contributed by atoms with Crippen molar-refractivity contribution in [2.75, 3.05) is 0 Å². The van der Waals surface area contributed by atoms with Crippen molar-refractivity contribution < 1.29 is 33.0 Å². The number of nitrogens with zero attached hydrogens (tertiary/aromatic N) is 3. The summed E-state index contributed by atoms with van der Waals surface area (Å²) in [6, 6.07) is 33.8. The van der Waals surface area contributed by atoms with Crippen LogP contribution in [0, 0.1) is 24.8 Å². The molecule has 0 amide bonds. The summed E-state index contributed by atoms with van der Waals surface area (Å²) in [5.74, 6) is -0.326. The SMILES string of the molecule is CC(C)(c1ccccc1)c1nccc2oc3c[c-]c(-c4cc(F)ccn4)cc3c12.[2H]C([2H])([2H])c1c[c-]c(-c2ccc([Si](C)(C)C)cn2)cc1.[Ir]. The molecule has 4 aromatic heterocycles. The fraction of sp³-hybridized carbons (Fsp3) is 0.175. The van der Waals surface area contributed by atoms with E-state index in [0.717, 1.165) is 38.9 Å². The zero-order chi connectivity index (χ0) is 35.0. The molecule has 0 aliphatic rings. The van der Waals surface area contributed by atoms with Gasteiger partial charge in [0.25, 0.3) is 0 Å². The van der Waals surface area contributed by atoms with E-state index >= 15 is 0 Å². The fourth-order valence-electron chi connectivity index (χ4n) is 5.41. The monoisotopic (exact) mass is 817 g/mol. The molecule has 0 aliphatic carbocycles. The number of fused-ring (bicyclic) bond motifs is 3. The van der Waals surface area contributed by atoms with Gasteiger partial charge in [-0.05, 0) is 40.3 Å². The number of aryl methyl sites for hydroxylation is 1. The maximum atomic E-state index is 13.7. The van der Waals surface area contributed by atoms with Gasteiger partial charge in [-0.2, -0.15) is 0 Å². The standard InChI is InChI=1S/C25H18FN2O.C15H18NSi.Ir/c1-25(2,17-6-4-3-5-7-17)24-23-19-14-16(20-15-18(26)10-12-27-20)8-9-21(19)29-22(23)11-13-28-24;1-12-5-7-13(8-6-12)15-10-9-14(11-16-15)17(2,3)4;/h3-7,9-15H,1-2H3;5-7,9-11H,1-4H3;/q2*-1;/i;1D3;. The van der Waals surface area contributed by atoms with Crippen molar-refractivity contribution in [2.24, 2.45) is 0 Å². The molecule has 0 fully saturated rings. The molecule has 0 bridgehead atoms. The first kappa shape index (κ1) is 30.1. The van der Waals surface area contributed by atoms with E-state index in [1.54, 1.807) is 24.4 Å². The van der Waals surface area contributed by atoms with Gasteiger partial charge < -0.3 is 14.4 Å². The molecule has 239 valence electrons. The molecule has 0 aliphatic heterocycles. The number of furan rings is 1. The number of halogens is 1. The molecule has 47 heavy (non-hydrogen) atoms. The molecular formula is C40H36FIrN3OSi-2. The van der Waals surface area contributed by atoms with Crippen molar-refractivity contribution in [3.63, 3.8) is 0 Å². The van der Waals surface area contributed by atoms with Crippen molar-refractivity contribution in [1.82, 2.24) is 15.0 Å². The van der Waals surface area contributed by atoms with Crippen LogP contribution in [0.3, 0.4) is 0 Å². The molecule has 3 aromatic carbocycles. The van der Waals surface area contributed by atoms with Crippen LogP contribution in [-0.4, -0.2) is 23.0 Å². The van der Waals surface area contributed by atoms with Gasteiger partial charge in [-0.15, -0.1) is 59.2 Å². The van der Waals surface area contributed by atoms with E-state index in [4.69, 9.17) is 13.5 Å². The van der Waals surface area contributed by atoms with Crippen LogP contribution >= 0.6 is 0 Å². The van der Waals surface area contributed by atoms with E-state index in [0.29, 0.717) is 16.8 Å². The van der Waals surface area contributed by atoms with Crippen LogP contribution in [0.2, 0.25) is 19.6 Å². The van der Waals surface area contributed by atoms with E-state index in [1.165, 1.54) is 35.1 Å². The first-order chi connectivity index (χ1) is 23.2. The van der Waals surface area contributed by atoms with E-state index < -0.39 is 14.9 Å². The van der Waals surface area contributed by atoms with Crippen molar-refractivity contribution in [1.29, 1.82) is 0 Å². The van der Waals surface area contributed by atoms with Gasteiger partial charge >= 0.3 is 0 Å². The summed E-state index contributed by atoms with van der Waals surface area (Å²) in [5.41, 5.74) is 6.47. The van der Waals surface area contributed by atoms with Crippen LogP contribution < -0.4 is 5.19 Å². The van der Waals surface area contributed by atoms with Crippen molar-refractivity contribution in [2.45, 2.75) is 45.8 Å². The van der Waals surface area contributed by atoms with Gasteiger partial charge in [-0.25, -0.2) is 4.39 Å². The van der Waals surface area contributed by atoms with E-state index in [9.17, 15) is 4.39 Å². The Morgan fingerprint density at radius 3 is 2.21 bits per heavy atom. The van der Waals surface area contributed by atoms with Crippen LogP contribution in [0.15, 0.2) is 114 Å². The Bertz CT molecular complexity index is 2180. The molecular weight excluding hydrogens is 778 g/mol. The van der Waals surface area contributed by atoms with Gasteiger partial charge in [0, 0.05) is 53.6 Å². The number of benzene rings is 3. The van der Waals surface area contributed by atoms with Gasteiger partial charge in [0.2, 0.25) is 0 Å². The fourth-order valence-corrected chi connectivity index (χ4v) is 6.45. The number of hydrogen-bond acceptors (Lipinski definition) is 4. The van der Waals surface area contributed by atoms with Crippen molar-refractivity contribution >= 4 is 35.2 Å². The maximum Gasteiger partial charge on any atom is 0.124 e. The summed E-state index contributed by atoms with van der Waals surface area (Å²) in [5, 5.41) is 3.19. The van der Waals surface area contributed by atoms with Gasteiger partial charge in [0.15, 0.2) is 0 Å². The average Bonchev–Trinajstić information content (AvgIpc) is 3.46. The molecule has 0 spiro atoms. The van der Waals surface area contributed by atoms with Crippen LogP contribution in [0.5, 0.6) is 0 Å². The predicted molar refractivity (Wildman–Crippen MR) is 188 cm³/mol. The molecule has 7 heteroatoms. The Kier molecular flexibility index (Phi) is 8.84.